The second-order valence-corrected chi connectivity index (χ2v) is 8.43. The first kappa shape index (κ1) is 19.5. The molecular weight excluding hydrogens is 363 g/mol. The predicted octanol–water partition coefficient (Wildman–Crippen LogP) is -1.03. The zero-order valence-electron chi connectivity index (χ0n) is 12.6. The van der Waals surface area contributed by atoms with E-state index >= 15 is 0 Å². The monoisotopic (exact) mass is 382 g/mol. The summed E-state index contributed by atoms with van der Waals surface area (Å²) in [6.07, 6.45) is -6.76. The van der Waals surface area contributed by atoms with Crippen LogP contribution in [0.1, 0.15) is 5.56 Å². The third-order valence-electron chi connectivity index (χ3n) is 3.59. The van der Waals surface area contributed by atoms with Crippen molar-refractivity contribution in [3.63, 3.8) is 0 Å². The van der Waals surface area contributed by atoms with Crippen molar-refractivity contribution >= 4 is 18.1 Å². The second-order valence-electron chi connectivity index (χ2n) is 5.42. The molecule has 1 fully saturated rings. The molecule has 1 unspecified atom stereocenters. The lowest BCUT2D eigenvalue weighted by molar-refractivity contribution is -0.132. The first-order chi connectivity index (χ1) is 11.2. The molecule has 2 rings (SSSR count). The highest BCUT2D eigenvalue weighted by atomic mass is 32.2. The minimum absolute atomic E-state index is 0.206. The standard InChI is InChI=1S/C13H19O9PS/c1-7-2-4-8(5-3-7)24(19,20)22-13-11(17)10(16)12(9(15)6-14)21-23(13)18/h2-5,9-17,23H,6H2,1H3/t9-,10-,11+,12-,13-/m1/s1. The molecular formula is C13H19O9PS. The van der Waals surface area contributed by atoms with Crippen molar-refractivity contribution in [1.29, 1.82) is 0 Å². The summed E-state index contributed by atoms with van der Waals surface area (Å²) in [7, 11) is -7.64. The molecule has 0 radical (unpaired) electrons. The summed E-state index contributed by atoms with van der Waals surface area (Å²) in [6, 6.07) is 5.64. The van der Waals surface area contributed by atoms with Gasteiger partial charge in [0.1, 0.15) is 24.4 Å². The van der Waals surface area contributed by atoms with Gasteiger partial charge >= 0.3 is 0 Å². The Kier molecular flexibility index (Phi) is 6.16. The Morgan fingerprint density at radius 2 is 1.83 bits per heavy atom. The second kappa shape index (κ2) is 7.59. The quantitative estimate of drug-likeness (QED) is 0.370. The van der Waals surface area contributed by atoms with Crippen LogP contribution in [0.25, 0.3) is 0 Å². The summed E-state index contributed by atoms with van der Waals surface area (Å²) in [4.78, 5) is -0.206. The van der Waals surface area contributed by atoms with Crippen LogP contribution in [0.3, 0.4) is 0 Å². The van der Waals surface area contributed by atoms with Gasteiger partial charge in [0, 0.05) is 0 Å². The van der Waals surface area contributed by atoms with E-state index < -0.39 is 55.0 Å². The van der Waals surface area contributed by atoms with Gasteiger partial charge in [0.15, 0.2) is 5.85 Å². The molecule has 1 aromatic rings. The Hall–Kier alpha value is -0.840. The van der Waals surface area contributed by atoms with Gasteiger partial charge in [0.05, 0.1) is 11.5 Å². The SMILES string of the molecule is Cc1ccc(S(=O)(=O)O[C@H]2[C@@H](O)[C@@H](O)[C@@H]([C@H](O)CO)O[PH]2=O)cc1. The van der Waals surface area contributed by atoms with Crippen LogP contribution in [-0.4, -0.2) is 65.7 Å². The molecule has 0 bridgehead atoms. The smallest absolute Gasteiger partial charge is 0.297 e. The van der Waals surface area contributed by atoms with Crippen LogP contribution < -0.4 is 0 Å². The molecule has 0 aromatic heterocycles. The third-order valence-corrected chi connectivity index (χ3v) is 6.50. The summed E-state index contributed by atoms with van der Waals surface area (Å²) in [5, 5.41) is 38.2. The Morgan fingerprint density at radius 3 is 2.38 bits per heavy atom. The molecule has 9 nitrogen and oxygen atoms in total. The first-order valence-electron chi connectivity index (χ1n) is 7.03. The number of aryl methyl sites for hydroxylation is 1. The van der Waals surface area contributed by atoms with Gasteiger partial charge in [-0.1, -0.05) is 17.7 Å². The summed E-state index contributed by atoms with van der Waals surface area (Å²) in [5.41, 5.74) is 0.819. The minimum atomic E-state index is -4.35. The largest absolute Gasteiger partial charge is 0.394 e. The minimum Gasteiger partial charge on any atom is -0.394 e. The van der Waals surface area contributed by atoms with E-state index in [2.05, 4.69) is 0 Å². The van der Waals surface area contributed by atoms with Gasteiger partial charge in [-0.05, 0) is 19.1 Å². The lowest BCUT2D eigenvalue weighted by Crippen LogP contribution is -2.54. The van der Waals surface area contributed by atoms with Gasteiger partial charge in [-0.3, -0.25) is 8.75 Å². The number of rotatable bonds is 5. The van der Waals surface area contributed by atoms with E-state index in [0.29, 0.717) is 0 Å². The number of hydrogen-bond donors (Lipinski definition) is 4. The molecule has 0 spiro atoms. The van der Waals surface area contributed by atoms with Crippen LogP contribution in [0, 0.1) is 6.92 Å². The molecule has 1 aliphatic rings. The van der Waals surface area contributed by atoms with Crippen molar-refractivity contribution in [3.05, 3.63) is 29.8 Å². The predicted molar refractivity (Wildman–Crippen MR) is 82.2 cm³/mol. The van der Waals surface area contributed by atoms with Crippen molar-refractivity contribution in [2.24, 2.45) is 0 Å². The van der Waals surface area contributed by atoms with E-state index in [9.17, 15) is 28.3 Å². The van der Waals surface area contributed by atoms with Crippen LogP contribution in [-0.2, 0) is 23.4 Å². The van der Waals surface area contributed by atoms with E-state index in [-0.39, 0.29) is 4.90 Å². The first-order valence-corrected chi connectivity index (χ1v) is 9.83. The maximum Gasteiger partial charge on any atom is 0.297 e. The fourth-order valence-electron chi connectivity index (χ4n) is 2.19. The molecule has 6 atom stereocenters. The number of hydrogen-bond acceptors (Lipinski definition) is 9. The van der Waals surface area contributed by atoms with Gasteiger partial charge < -0.3 is 24.9 Å². The van der Waals surface area contributed by atoms with Crippen molar-refractivity contribution in [1.82, 2.24) is 0 Å². The normalized spacial score (nSPS) is 32.5. The van der Waals surface area contributed by atoms with E-state index in [1.54, 1.807) is 6.92 Å². The Bertz CT molecular complexity index is 690. The van der Waals surface area contributed by atoms with Crippen molar-refractivity contribution in [2.45, 2.75) is 42.1 Å². The van der Waals surface area contributed by atoms with Crippen molar-refractivity contribution in [2.75, 3.05) is 6.61 Å². The average molecular weight is 382 g/mol. The van der Waals surface area contributed by atoms with E-state index in [1.807, 2.05) is 0 Å². The molecule has 4 N–H and O–H groups in total. The third kappa shape index (κ3) is 4.04. The lowest BCUT2D eigenvalue weighted by Gasteiger charge is -2.37. The number of benzene rings is 1. The van der Waals surface area contributed by atoms with E-state index in [1.165, 1.54) is 24.3 Å². The molecule has 1 aromatic carbocycles. The zero-order valence-corrected chi connectivity index (χ0v) is 14.5. The highest BCUT2D eigenvalue weighted by Gasteiger charge is 2.48. The maximum atomic E-state index is 12.2. The molecule has 1 heterocycles. The van der Waals surface area contributed by atoms with E-state index in [4.69, 9.17) is 13.8 Å². The molecule has 24 heavy (non-hydrogen) atoms. The molecule has 136 valence electrons. The highest BCUT2D eigenvalue weighted by Crippen LogP contribution is 2.43. The van der Waals surface area contributed by atoms with Crippen molar-refractivity contribution in [3.8, 4) is 0 Å². The summed E-state index contributed by atoms with van der Waals surface area (Å²) < 4.78 is 46.1. The molecule has 0 aliphatic carbocycles. The van der Waals surface area contributed by atoms with Gasteiger partial charge in [0.2, 0.25) is 8.03 Å². The van der Waals surface area contributed by atoms with Crippen LogP contribution in [0.4, 0.5) is 0 Å². The van der Waals surface area contributed by atoms with Gasteiger partial charge in [-0.2, -0.15) is 8.42 Å². The van der Waals surface area contributed by atoms with Crippen LogP contribution in [0.5, 0.6) is 0 Å². The van der Waals surface area contributed by atoms with Gasteiger partial charge in [-0.25, -0.2) is 0 Å². The Labute approximate surface area is 139 Å². The van der Waals surface area contributed by atoms with E-state index in [0.717, 1.165) is 5.56 Å². The molecule has 0 saturated carbocycles. The summed E-state index contributed by atoms with van der Waals surface area (Å²) >= 11 is 0. The van der Waals surface area contributed by atoms with Gasteiger partial charge in [0.25, 0.3) is 10.1 Å². The fourth-order valence-corrected chi connectivity index (χ4v) is 5.02. The topological polar surface area (TPSA) is 151 Å². The van der Waals surface area contributed by atoms with Crippen molar-refractivity contribution < 1.29 is 42.1 Å². The molecule has 1 saturated heterocycles. The Balaban J connectivity index is 2.20. The maximum absolute atomic E-state index is 12.2. The molecule has 0 amide bonds. The zero-order chi connectivity index (χ0) is 18.1. The van der Waals surface area contributed by atoms with Crippen LogP contribution in [0.15, 0.2) is 29.2 Å². The molecule has 1 aliphatic heterocycles. The number of aliphatic hydroxyl groups is 4. The summed E-state index contributed by atoms with van der Waals surface area (Å²) in [5.74, 6) is -1.81. The summed E-state index contributed by atoms with van der Waals surface area (Å²) in [6.45, 7) is 0.967. The Morgan fingerprint density at radius 1 is 1.25 bits per heavy atom. The lowest BCUT2D eigenvalue weighted by atomic mass is 10.0. The number of aliphatic hydroxyl groups excluding tert-OH is 4. The highest BCUT2D eigenvalue weighted by molar-refractivity contribution is 7.87. The fraction of sp³-hybridized carbons (Fsp3) is 0.538. The van der Waals surface area contributed by atoms with Crippen LogP contribution in [0.2, 0.25) is 0 Å². The van der Waals surface area contributed by atoms with Gasteiger partial charge in [-0.15, -0.1) is 0 Å². The average Bonchev–Trinajstić information content (AvgIpc) is 2.54. The van der Waals surface area contributed by atoms with Crippen LogP contribution >= 0.6 is 8.03 Å². The molecule has 11 heteroatoms.